The van der Waals surface area contributed by atoms with E-state index in [1.165, 1.54) is 16.2 Å². The molecular formula is C43H25N3O. The maximum absolute atomic E-state index is 10.4. The average Bonchev–Trinajstić information content (AvgIpc) is 3.77. The number of furan rings is 1. The van der Waals surface area contributed by atoms with Crippen LogP contribution in [0.2, 0.25) is 0 Å². The summed E-state index contributed by atoms with van der Waals surface area (Å²) in [5, 5.41) is 17.3. The van der Waals surface area contributed by atoms with Crippen LogP contribution in [-0.4, -0.2) is 9.13 Å². The second-order valence-electron chi connectivity index (χ2n) is 12.0. The molecule has 0 spiro atoms. The first kappa shape index (κ1) is 25.7. The van der Waals surface area contributed by atoms with E-state index >= 15 is 0 Å². The first-order valence-corrected chi connectivity index (χ1v) is 15.8. The number of fused-ring (bicyclic) bond motifs is 9. The van der Waals surface area contributed by atoms with Gasteiger partial charge in [0.25, 0.3) is 0 Å². The molecule has 0 fully saturated rings. The molecule has 47 heavy (non-hydrogen) atoms. The largest absolute Gasteiger partial charge is 0.456 e. The van der Waals surface area contributed by atoms with Crippen LogP contribution in [0.3, 0.4) is 0 Å². The molecule has 0 saturated carbocycles. The van der Waals surface area contributed by atoms with Crippen molar-refractivity contribution in [2.24, 2.45) is 0 Å². The van der Waals surface area contributed by atoms with E-state index in [-0.39, 0.29) is 0 Å². The lowest BCUT2D eigenvalue weighted by Gasteiger charge is -2.16. The summed E-state index contributed by atoms with van der Waals surface area (Å²) in [7, 11) is 0. The fourth-order valence-corrected chi connectivity index (χ4v) is 7.53. The van der Waals surface area contributed by atoms with Crippen LogP contribution in [0.25, 0.3) is 88.1 Å². The molecule has 3 aromatic heterocycles. The highest BCUT2D eigenvalue weighted by Crippen LogP contribution is 2.40. The highest BCUT2D eigenvalue weighted by Gasteiger charge is 2.20. The summed E-state index contributed by atoms with van der Waals surface area (Å²) < 4.78 is 10.9. The van der Waals surface area contributed by atoms with Gasteiger partial charge in [-0.3, -0.25) is 0 Å². The third-order valence-corrected chi connectivity index (χ3v) is 9.57. The topological polar surface area (TPSA) is 46.8 Å². The van der Waals surface area contributed by atoms with Crippen molar-refractivity contribution < 1.29 is 4.42 Å². The van der Waals surface area contributed by atoms with Gasteiger partial charge in [-0.2, -0.15) is 5.26 Å². The van der Waals surface area contributed by atoms with Gasteiger partial charge < -0.3 is 13.6 Å². The third kappa shape index (κ3) is 3.63. The Morgan fingerprint density at radius 1 is 0.447 bits per heavy atom. The van der Waals surface area contributed by atoms with Crippen LogP contribution in [0.4, 0.5) is 0 Å². The Hall–Kier alpha value is -6.57. The van der Waals surface area contributed by atoms with Crippen LogP contribution in [-0.2, 0) is 0 Å². The number of hydrogen-bond donors (Lipinski definition) is 0. The van der Waals surface area contributed by atoms with Gasteiger partial charge in [0.05, 0.1) is 33.3 Å². The number of para-hydroxylation sites is 5. The van der Waals surface area contributed by atoms with Crippen molar-refractivity contribution >= 4 is 65.6 Å². The molecule has 0 aliphatic carbocycles. The molecule has 10 aromatic rings. The first-order valence-electron chi connectivity index (χ1n) is 15.8. The minimum absolute atomic E-state index is 0.636. The zero-order valence-corrected chi connectivity index (χ0v) is 25.2. The van der Waals surface area contributed by atoms with Gasteiger partial charge in [0.2, 0.25) is 0 Å². The lowest BCUT2D eigenvalue weighted by atomic mass is 9.99. The fourth-order valence-electron chi connectivity index (χ4n) is 7.53. The van der Waals surface area contributed by atoms with Crippen LogP contribution in [0, 0.1) is 11.3 Å². The van der Waals surface area contributed by atoms with Crippen molar-refractivity contribution in [3.63, 3.8) is 0 Å². The van der Waals surface area contributed by atoms with Crippen LogP contribution in [0.5, 0.6) is 0 Å². The van der Waals surface area contributed by atoms with Gasteiger partial charge in [0.1, 0.15) is 17.2 Å². The van der Waals surface area contributed by atoms with E-state index in [4.69, 9.17) is 4.42 Å². The molecule has 0 saturated heterocycles. The molecule has 0 aliphatic rings. The third-order valence-electron chi connectivity index (χ3n) is 9.57. The Labute approximate surface area is 269 Å². The molecule has 0 unspecified atom stereocenters. The number of benzene rings is 7. The zero-order valence-electron chi connectivity index (χ0n) is 25.2. The van der Waals surface area contributed by atoms with Gasteiger partial charge in [0.15, 0.2) is 0 Å². The van der Waals surface area contributed by atoms with Gasteiger partial charge >= 0.3 is 0 Å². The molecule has 218 valence electrons. The van der Waals surface area contributed by atoms with Crippen molar-refractivity contribution in [1.29, 1.82) is 5.26 Å². The fraction of sp³-hybridized carbons (Fsp3) is 0. The Morgan fingerprint density at radius 3 is 1.72 bits per heavy atom. The molecule has 0 aliphatic heterocycles. The van der Waals surface area contributed by atoms with E-state index in [1.807, 2.05) is 24.3 Å². The molecule has 0 radical (unpaired) electrons. The summed E-state index contributed by atoms with van der Waals surface area (Å²) >= 11 is 0. The van der Waals surface area contributed by atoms with Gasteiger partial charge in [-0.25, -0.2) is 0 Å². The van der Waals surface area contributed by atoms with E-state index in [0.717, 1.165) is 71.9 Å². The van der Waals surface area contributed by atoms with Crippen LogP contribution in [0.1, 0.15) is 5.56 Å². The Morgan fingerprint density at radius 2 is 1.04 bits per heavy atom. The minimum Gasteiger partial charge on any atom is -0.456 e. The summed E-state index contributed by atoms with van der Waals surface area (Å²) in [6.45, 7) is 0. The van der Waals surface area contributed by atoms with E-state index in [1.54, 1.807) is 0 Å². The minimum atomic E-state index is 0.636. The van der Waals surface area contributed by atoms with E-state index < -0.39 is 0 Å². The standard InChI is InChI=1S/C43H25N3O/c44-26-28-10-9-15-30(43(28)46-38-17-6-1-11-31(38)32-12-2-7-18-39(32)46)27-20-22-29(23-21-27)45-37-16-5-3-13-33(37)35-25-42-36(24-40(35)45)34-14-4-8-19-41(34)47-42/h1-25H. The average molecular weight is 600 g/mol. The van der Waals surface area contributed by atoms with Crippen molar-refractivity contribution in [2.45, 2.75) is 0 Å². The van der Waals surface area contributed by atoms with Crippen LogP contribution >= 0.6 is 0 Å². The number of aromatic nitrogens is 2. The molecule has 0 amide bonds. The van der Waals surface area contributed by atoms with Gasteiger partial charge in [0, 0.05) is 43.6 Å². The monoisotopic (exact) mass is 599 g/mol. The summed E-state index contributed by atoms with van der Waals surface area (Å²) in [4.78, 5) is 0. The smallest absolute Gasteiger partial charge is 0.136 e. The SMILES string of the molecule is N#Cc1cccc(-c2ccc(-n3c4ccccc4c4cc5oc6ccccc6c5cc43)cc2)c1-n1c2ccccc2c2ccccc21. The van der Waals surface area contributed by atoms with Crippen molar-refractivity contribution in [1.82, 2.24) is 9.13 Å². The second kappa shape index (κ2) is 9.71. The van der Waals surface area contributed by atoms with Gasteiger partial charge in [-0.05, 0) is 60.2 Å². The first-order chi connectivity index (χ1) is 23.3. The summed E-state index contributed by atoms with van der Waals surface area (Å²) in [6.07, 6.45) is 0. The maximum Gasteiger partial charge on any atom is 0.136 e. The second-order valence-corrected chi connectivity index (χ2v) is 12.0. The summed E-state index contributed by atoms with van der Waals surface area (Å²) in [5.41, 5.74) is 10.9. The molecule has 7 aromatic carbocycles. The van der Waals surface area contributed by atoms with Crippen molar-refractivity contribution in [2.75, 3.05) is 0 Å². The van der Waals surface area contributed by atoms with E-state index in [0.29, 0.717) is 5.56 Å². The number of hydrogen-bond acceptors (Lipinski definition) is 2. The van der Waals surface area contributed by atoms with Crippen molar-refractivity contribution in [3.8, 4) is 28.6 Å². The zero-order chi connectivity index (χ0) is 31.1. The molecule has 4 nitrogen and oxygen atoms in total. The van der Waals surface area contributed by atoms with E-state index in [9.17, 15) is 5.26 Å². The van der Waals surface area contributed by atoms with Crippen LogP contribution in [0.15, 0.2) is 156 Å². The molecular weight excluding hydrogens is 574 g/mol. The Kier molecular flexibility index (Phi) is 5.32. The molecule has 0 atom stereocenters. The Balaban J connectivity index is 1.19. The lowest BCUT2D eigenvalue weighted by Crippen LogP contribution is -2.01. The number of nitrogens with zero attached hydrogens (tertiary/aromatic N) is 3. The summed E-state index contributed by atoms with van der Waals surface area (Å²) in [6, 6.07) is 55.3. The normalized spacial score (nSPS) is 11.8. The Bertz CT molecular complexity index is 2860. The highest BCUT2D eigenvalue weighted by atomic mass is 16.3. The predicted octanol–water partition coefficient (Wildman–Crippen LogP) is 11.3. The molecule has 4 heteroatoms. The molecule has 0 N–H and O–H groups in total. The van der Waals surface area contributed by atoms with Crippen LogP contribution < -0.4 is 0 Å². The maximum atomic E-state index is 10.4. The predicted molar refractivity (Wildman–Crippen MR) is 193 cm³/mol. The molecule has 10 rings (SSSR count). The van der Waals surface area contributed by atoms with E-state index in [2.05, 4.69) is 143 Å². The number of rotatable bonds is 3. The highest BCUT2D eigenvalue weighted by molar-refractivity contribution is 6.17. The lowest BCUT2D eigenvalue weighted by molar-refractivity contribution is 0.669. The molecule has 0 bridgehead atoms. The molecule has 3 heterocycles. The van der Waals surface area contributed by atoms with Gasteiger partial charge in [-0.1, -0.05) is 97.1 Å². The quantitative estimate of drug-likeness (QED) is 0.203. The number of nitriles is 1. The summed E-state index contributed by atoms with van der Waals surface area (Å²) in [5.74, 6) is 0. The van der Waals surface area contributed by atoms with Gasteiger partial charge in [-0.15, -0.1) is 0 Å². The van der Waals surface area contributed by atoms with Crippen molar-refractivity contribution in [3.05, 3.63) is 157 Å².